The Bertz CT molecular complexity index is 700. The molecule has 0 aliphatic carbocycles. The Morgan fingerprint density at radius 1 is 1.19 bits per heavy atom. The summed E-state index contributed by atoms with van der Waals surface area (Å²) < 4.78 is 0. The number of imidazole rings is 1. The normalized spacial score (nSPS) is 12.5. The first-order valence-electron chi connectivity index (χ1n) is 7.19. The van der Waals surface area contributed by atoms with E-state index in [1.165, 1.54) is 15.3 Å². The van der Waals surface area contributed by atoms with Crippen LogP contribution in [0, 0.1) is 0 Å². The van der Waals surface area contributed by atoms with Gasteiger partial charge in [0.15, 0.2) is 0 Å². The topological polar surface area (TPSA) is 54.7 Å². The fourth-order valence-electron chi connectivity index (χ4n) is 2.33. The molecule has 3 rings (SSSR count). The van der Waals surface area contributed by atoms with Crippen LogP contribution in [0.2, 0.25) is 0 Å². The molecule has 1 unspecified atom stereocenters. The summed E-state index contributed by atoms with van der Waals surface area (Å²) in [5.74, 6) is 0.848. The van der Waals surface area contributed by atoms with Crippen molar-refractivity contribution in [3.8, 4) is 10.6 Å². The van der Waals surface area contributed by atoms with Gasteiger partial charge in [-0.15, -0.1) is 11.3 Å². The van der Waals surface area contributed by atoms with E-state index in [-0.39, 0.29) is 6.04 Å². The van der Waals surface area contributed by atoms with Gasteiger partial charge in [-0.1, -0.05) is 37.3 Å². The molecule has 3 aromatic rings. The van der Waals surface area contributed by atoms with E-state index in [1.807, 2.05) is 24.4 Å². The number of aryl methyl sites for hydroxylation is 1. The van der Waals surface area contributed by atoms with Crippen LogP contribution in [0.1, 0.15) is 29.2 Å². The van der Waals surface area contributed by atoms with E-state index in [0.717, 1.165) is 24.4 Å². The molecule has 0 saturated heterocycles. The number of nitrogens with zero attached hydrogens (tertiary/aromatic N) is 1. The highest BCUT2D eigenvalue weighted by atomic mass is 32.1. The Balaban J connectivity index is 1.75. The molecule has 21 heavy (non-hydrogen) atoms. The van der Waals surface area contributed by atoms with Crippen LogP contribution in [0.5, 0.6) is 0 Å². The number of thiophene rings is 1. The smallest absolute Gasteiger partial charge is 0.123 e. The second kappa shape index (κ2) is 6.24. The van der Waals surface area contributed by atoms with Crippen molar-refractivity contribution >= 4 is 11.3 Å². The molecule has 2 heterocycles. The van der Waals surface area contributed by atoms with Crippen LogP contribution in [0.15, 0.2) is 48.7 Å². The lowest BCUT2D eigenvalue weighted by Gasteiger charge is -2.08. The number of hydrogen-bond acceptors (Lipinski definition) is 3. The number of aromatic nitrogens is 2. The number of aromatic amines is 1. The van der Waals surface area contributed by atoms with Crippen LogP contribution in [0.3, 0.4) is 0 Å². The minimum atomic E-state index is -0.105. The number of rotatable bonds is 5. The molecule has 1 aromatic carbocycles. The zero-order valence-corrected chi connectivity index (χ0v) is 12.9. The van der Waals surface area contributed by atoms with Gasteiger partial charge in [-0.3, -0.25) is 0 Å². The molecule has 0 amide bonds. The molecule has 3 nitrogen and oxygen atoms in total. The summed E-state index contributed by atoms with van der Waals surface area (Å²) in [5.41, 5.74) is 8.54. The van der Waals surface area contributed by atoms with Crippen molar-refractivity contribution in [2.75, 3.05) is 0 Å². The van der Waals surface area contributed by atoms with Crippen LogP contribution in [0.25, 0.3) is 10.6 Å². The minimum absolute atomic E-state index is 0.105. The molecule has 0 saturated carbocycles. The zero-order valence-electron chi connectivity index (χ0n) is 12.0. The highest BCUT2D eigenvalue weighted by molar-refractivity contribution is 7.15. The van der Waals surface area contributed by atoms with Crippen molar-refractivity contribution in [3.63, 3.8) is 0 Å². The first-order chi connectivity index (χ1) is 10.3. The molecule has 0 aliphatic rings. The van der Waals surface area contributed by atoms with Gasteiger partial charge in [0.25, 0.3) is 0 Å². The maximum absolute atomic E-state index is 6.26. The Morgan fingerprint density at radius 3 is 2.71 bits per heavy atom. The van der Waals surface area contributed by atoms with Crippen molar-refractivity contribution in [2.24, 2.45) is 5.73 Å². The van der Waals surface area contributed by atoms with E-state index in [9.17, 15) is 0 Å². The molecular weight excluding hydrogens is 278 g/mol. The van der Waals surface area contributed by atoms with E-state index in [2.05, 4.69) is 41.2 Å². The van der Waals surface area contributed by atoms with Gasteiger partial charge >= 0.3 is 0 Å². The van der Waals surface area contributed by atoms with E-state index < -0.39 is 0 Å². The maximum atomic E-state index is 6.26. The lowest BCUT2D eigenvalue weighted by Crippen LogP contribution is -2.14. The molecule has 3 N–H and O–H groups in total. The lowest BCUT2D eigenvalue weighted by molar-refractivity contribution is 0.678. The summed E-state index contributed by atoms with van der Waals surface area (Å²) >= 11 is 1.80. The zero-order chi connectivity index (χ0) is 14.7. The van der Waals surface area contributed by atoms with Crippen LogP contribution in [-0.2, 0) is 12.8 Å². The number of nitrogens with one attached hydrogen (secondary N) is 1. The van der Waals surface area contributed by atoms with Crippen molar-refractivity contribution < 1.29 is 0 Å². The monoisotopic (exact) mass is 297 g/mol. The summed E-state index contributed by atoms with van der Waals surface area (Å²) in [6.45, 7) is 2.17. The third kappa shape index (κ3) is 3.23. The number of H-pyrrole nitrogens is 1. The van der Waals surface area contributed by atoms with E-state index in [1.54, 1.807) is 11.3 Å². The van der Waals surface area contributed by atoms with Crippen molar-refractivity contribution in [1.29, 1.82) is 0 Å². The second-order valence-corrected chi connectivity index (χ2v) is 6.27. The van der Waals surface area contributed by atoms with Gasteiger partial charge in [-0.2, -0.15) is 0 Å². The largest absolute Gasteiger partial charge is 0.340 e. The molecule has 0 fully saturated rings. The highest BCUT2D eigenvalue weighted by Crippen LogP contribution is 2.27. The van der Waals surface area contributed by atoms with Gasteiger partial charge in [0.2, 0.25) is 0 Å². The number of nitrogens with two attached hydrogens (primary N) is 1. The van der Waals surface area contributed by atoms with Crippen molar-refractivity contribution in [3.05, 3.63) is 64.9 Å². The first-order valence-corrected chi connectivity index (χ1v) is 8.01. The first kappa shape index (κ1) is 14.0. The number of hydrogen-bond donors (Lipinski definition) is 2. The fraction of sp³-hybridized carbons (Fsp3) is 0.235. The third-order valence-electron chi connectivity index (χ3n) is 3.52. The van der Waals surface area contributed by atoms with Gasteiger partial charge in [0.1, 0.15) is 5.82 Å². The maximum Gasteiger partial charge on any atom is 0.123 e. The van der Waals surface area contributed by atoms with Crippen molar-refractivity contribution in [2.45, 2.75) is 25.8 Å². The molecule has 1 atom stereocenters. The summed E-state index contributed by atoms with van der Waals surface area (Å²) in [4.78, 5) is 10.4. The van der Waals surface area contributed by atoms with Gasteiger partial charge in [-0.25, -0.2) is 4.98 Å². The molecule has 0 radical (unpaired) electrons. The van der Waals surface area contributed by atoms with E-state index in [0.29, 0.717) is 0 Å². The van der Waals surface area contributed by atoms with Gasteiger partial charge < -0.3 is 10.7 Å². The third-order valence-corrected chi connectivity index (χ3v) is 4.78. The van der Waals surface area contributed by atoms with E-state index in [4.69, 9.17) is 5.73 Å². The number of benzene rings is 1. The predicted molar refractivity (Wildman–Crippen MR) is 88.4 cm³/mol. The van der Waals surface area contributed by atoms with E-state index >= 15 is 0 Å². The van der Waals surface area contributed by atoms with Gasteiger partial charge in [0.05, 0.1) is 22.8 Å². The van der Waals surface area contributed by atoms with Crippen LogP contribution >= 0.6 is 11.3 Å². The Labute approximate surface area is 128 Å². The fourth-order valence-corrected chi connectivity index (χ4v) is 3.24. The van der Waals surface area contributed by atoms with Gasteiger partial charge in [0, 0.05) is 4.88 Å². The van der Waals surface area contributed by atoms with Crippen molar-refractivity contribution in [1.82, 2.24) is 9.97 Å². The molecule has 2 aromatic heterocycles. The van der Waals surface area contributed by atoms with Crippen LogP contribution in [-0.4, -0.2) is 9.97 Å². The van der Waals surface area contributed by atoms with Crippen LogP contribution in [0.4, 0.5) is 0 Å². The predicted octanol–water partition coefficient (Wildman–Crippen LogP) is 3.94. The standard InChI is InChI=1S/C17H19N3S/c1-2-13-8-9-16(21-13)15-11-19-17(20-15)14(18)10-12-6-4-3-5-7-12/h3-9,11,14H,2,10,18H2,1H3,(H,19,20). The molecule has 0 spiro atoms. The summed E-state index contributed by atoms with van der Waals surface area (Å²) in [6.07, 6.45) is 3.74. The molecule has 0 bridgehead atoms. The average molecular weight is 297 g/mol. The van der Waals surface area contributed by atoms with Gasteiger partial charge in [-0.05, 0) is 30.5 Å². The second-order valence-electron chi connectivity index (χ2n) is 5.10. The highest BCUT2D eigenvalue weighted by Gasteiger charge is 2.12. The van der Waals surface area contributed by atoms with Crippen LogP contribution < -0.4 is 5.73 Å². The lowest BCUT2D eigenvalue weighted by atomic mass is 10.1. The average Bonchev–Trinajstić information content (AvgIpc) is 3.17. The SMILES string of the molecule is CCc1ccc(-c2cnc(C(N)Cc3ccccc3)[nH]2)s1. The quantitative estimate of drug-likeness (QED) is 0.749. The minimum Gasteiger partial charge on any atom is -0.340 e. The molecule has 4 heteroatoms. The molecule has 108 valence electrons. The summed E-state index contributed by atoms with van der Waals surface area (Å²) in [5, 5.41) is 0. The Kier molecular flexibility index (Phi) is 4.18. The molecular formula is C17H19N3S. The Hall–Kier alpha value is -1.91. The molecule has 0 aliphatic heterocycles. The summed E-state index contributed by atoms with van der Waals surface area (Å²) in [6, 6.07) is 14.5. The Morgan fingerprint density at radius 2 is 2.00 bits per heavy atom. The summed E-state index contributed by atoms with van der Waals surface area (Å²) in [7, 11) is 0.